The van der Waals surface area contributed by atoms with Crippen LogP contribution in [-0.2, 0) is 4.79 Å². The van der Waals surface area contributed by atoms with Gasteiger partial charge in [-0.1, -0.05) is 47.1 Å². The van der Waals surface area contributed by atoms with Crippen molar-refractivity contribution >= 4 is 27.5 Å². The number of anilines is 1. The maximum absolute atomic E-state index is 13.6. The van der Waals surface area contributed by atoms with Gasteiger partial charge in [-0.05, 0) is 43.2 Å². The predicted octanol–water partition coefficient (Wildman–Crippen LogP) is 4.66. The third-order valence-corrected chi connectivity index (χ3v) is 4.19. The fourth-order valence-electron chi connectivity index (χ4n) is 2.33. The van der Waals surface area contributed by atoms with Gasteiger partial charge in [0.25, 0.3) is 0 Å². The molecule has 3 nitrogen and oxygen atoms in total. The van der Waals surface area contributed by atoms with Gasteiger partial charge in [0, 0.05) is 10.5 Å². The van der Waals surface area contributed by atoms with E-state index in [-0.39, 0.29) is 17.6 Å². The van der Waals surface area contributed by atoms with Crippen molar-refractivity contribution in [3.05, 3.63) is 64.4 Å². The standard InChI is InChI=1S/C18H20BrFN2O/c1-3-16(13-8-10-14(19)11-9-13)21-12(2)18(23)22-17-7-5-4-6-15(17)20/h4-12,16,21H,3H2,1-2H3,(H,22,23)/t12-,16-/m0/s1. The van der Waals surface area contributed by atoms with Crippen molar-refractivity contribution in [2.45, 2.75) is 32.4 Å². The molecule has 1 amide bonds. The number of carbonyl (C=O) groups excluding carboxylic acids is 1. The molecule has 122 valence electrons. The van der Waals surface area contributed by atoms with E-state index in [9.17, 15) is 9.18 Å². The van der Waals surface area contributed by atoms with E-state index in [1.165, 1.54) is 6.07 Å². The van der Waals surface area contributed by atoms with Crippen LogP contribution < -0.4 is 10.6 Å². The molecule has 23 heavy (non-hydrogen) atoms. The number of amides is 1. The van der Waals surface area contributed by atoms with E-state index in [4.69, 9.17) is 0 Å². The average molecular weight is 379 g/mol. The highest BCUT2D eigenvalue weighted by molar-refractivity contribution is 9.10. The Morgan fingerprint density at radius 1 is 1.17 bits per heavy atom. The molecule has 5 heteroatoms. The van der Waals surface area contributed by atoms with Crippen LogP contribution in [0.2, 0.25) is 0 Å². The Hall–Kier alpha value is -1.72. The summed E-state index contributed by atoms with van der Waals surface area (Å²) in [5, 5.41) is 5.91. The first-order valence-corrected chi connectivity index (χ1v) is 8.37. The van der Waals surface area contributed by atoms with Gasteiger partial charge < -0.3 is 5.32 Å². The van der Waals surface area contributed by atoms with Crippen LogP contribution in [0.3, 0.4) is 0 Å². The molecule has 0 aliphatic rings. The molecule has 0 unspecified atom stereocenters. The summed E-state index contributed by atoms with van der Waals surface area (Å²) in [7, 11) is 0. The van der Waals surface area contributed by atoms with Gasteiger partial charge in [0.1, 0.15) is 5.82 Å². The SMILES string of the molecule is CC[C@H](N[C@@H](C)C(=O)Nc1ccccc1F)c1ccc(Br)cc1. The van der Waals surface area contributed by atoms with Crippen LogP contribution in [0, 0.1) is 5.82 Å². The molecule has 2 aromatic rings. The zero-order valence-electron chi connectivity index (χ0n) is 13.1. The van der Waals surface area contributed by atoms with E-state index in [1.54, 1.807) is 25.1 Å². The zero-order valence-corrected chi connectivity index (χ0v) is 14.7. The van der Waals surface area contributed by atoms with Gasteiger partial charge in [-0.3, -0.25) is 10.1 Å². The van der Waals surface area contributed by atoms with E-state index in [0.717, 1.165) is 16.5 Å². The van der Waals surface area contributed by atoms with Crippen LogP contribution >= 0.6 is 15.9 Å². The van der Waals surface area contributed by atoms with Crippen molar-refractivity contribution in [1.29, 1.82) is 0 Å². The van der Waals surface area contributed by atoms with Gasteiger partial charge in [-0.15, -0.1) is 0 Å². The number of carbonyl (C=O) groups is 1. The van der Waals surface area contributed by atoms with E-state index in [0.29, 0.717) is 0 Å². The van der Waals surface area contributed by atoms with Gasteiger partial charge in [-0.25, -0.2) is 4.39 Å². The molecule has 2 rings (SSSR count). The Morgan fingerprint density at radius 3 is 2.43 bits per heavy atom. The molecular formula is C18H20BrFN2O. The Kier molecular flexibility index (Phi) is 6.30. The zero-order chi connectivity index (χ0) is 16.8. The summed E-state index contributed by atoms with van der Waals surface area (Å²) in [5.74, 6) is -0.696. The fraction of sp³-hybridized carbons (Fsp3) is 0.278. The maximum Gasteiger partial charge on any atom is 0.241 e. The molecule has 2 aromatic carbocycles. The number of hydrogen-bond donors (Lipinski definition) is 2. The number of benzene rings is 2. The van der Waals surface area contributed by atoms with Crippen molar-refractivity contribution in [3.63, 3.8) is 0 Å². The Morgan fingerprint density at radius 2 is 1.83 bits per heavy atom. The number of hydrogen-bond acceptors (Lipinski definition) is 2. The van der Waals surface area contributed by atoms with Crippen LogP contribution in [0.1, 0.15) is 31.9 Å². The fourth-order valence-corrected chi connectivity index (χ4v) is 2.59. The lowest BCUT2D eigenvalue weighted by Crippen LogP contribution is -2.40. The van der Waals surface area contributed by atoms with Gasteiger partial charge >= 0.3 is 0 Å². The molecule has 0 bridgehead atoms. The molecule has 0 heterocycles. The Bertz CT molecular complexity index is 660. The summed E-state index contributed by atoms with van der Waals surface area (Å²) in [6, 6.07) is 13.8. The molecule has 0 spiro atoms. The molecule has 2 atom stereocenters. The van der Waals surface area contributed by atoms with Crippen LogP contribution in [0.15, 0.2) is 53.0 Å². The van der Waals surface area contributed by atoms with Crippen LogP contribution in [-0.4, -0.2) is 11.9 Å². The van der Waals surface area contributed by atoms with E-state index < -0.39 is 11.9 Å². The van der Waals surface area contributed by atoms with Crippen molar-refractivity contribution in [3.8, 4) is 0 Å². The minimum absolute atomic E-state index is 0.0597. The van der Waals surface area contributed by atoms with E-state index in [2.05, 4.69) is 33.5 Å². The van der Waals surface area contributed by atoms with Crippen molar-refractivity contribution in [2.24, 2.45) is 0 Å². The second kappa shape index (κ2) is 8.22. The summed E-state index contributed by atoms with van der Waals surface area (Å²) >= 11 is 3.41. The molecule has 0 saturated heterocycles. The second-order valence-corrected chi connectivity index (χ2v) is 6.29. The van der Waals surface area contributed by atoms with Crippen LogP contribution in [0.4, 0.5) is 10.1 Å². The van der Waals surface area contributed by atoms with Gasteiger partial charge in [-0.2, -0.15) is 0 Å². The summed E-state index contributed by atoms with van der Waals surface area (Å²) in [4.78, 5) is 12.3. The van der Waals surface area contributed by atoms with Crippen molar-refractivity contribution < 1.29 is 9.18 Å². The number of halogens is 2. The average Bonchev–Trinajstić information content (AvgIpc) is 2.55. The number of para-hydroxylation sites is 1. The molecule has 2 N–H and O–H groups in total. The molecular weight excluding hydrogens is 359 g/mol. The molecule has 0 aliphatic heterocycles. The highest BCUT2D eigenvalue weighted by atomic mass is 79.9. The highest BCUT2D eigenvalue weighted by Crippen LogP contribution is 2.20. The quantitative estimate of drug-likeness (QED) is 0.767. The van der Waals surface area contributed by atoms with Crippen molar-refractivity contribution in [2.75, 3.05) is 5.32 Å². The summed E-state index contributed by atoms with van der Waals surface area (Å²) in [6.07, 6.45) is 0.846. The van der Waals surface area contributed by atoms with E-state index in [1.807, 2.05) is 24.3 Å². The number of rotatable bonds is 6. The molecule has 0 fully saturated rings. The van der Waals surface area contributed by atoms with Crippen molar-refractivity contribution in [1.82, 2.24) is 5.32 Å². The lowest BCUT2D eigenvalue weighted by atomic mass is 10.0. The normalized spacial score (nSPS) is 13.4. The monoisotopic (exact) mass is 378 g/mol. The topological polar surface area (TPSA) is 41.1 Å². The third-order valence-electron chi connectivity index (χ3n) is 3.66. The molecule has 0 aromatic heterocycles. The minimum atomic E-state index is -0.441. The van der Waals surface area contributed by atoms with E-state index >= 15 is 0 Å². The Balaban J connectivity index is 2.01. The maximum atomic E-state index is 13.6. The minimum Gasteiger partial charge on any atom is -0.322 e. The first kappa shape index (κ1) is 17.6. The van der Waals surface area contributed by atoms with Gasteiger partial charge in [0.15, 0.2) is 0 Å². The largest absolute Gasteiger partial charge is 0.322 e. The third kappa shape index (κ3) is 4.88. The lowest BCUT2D eigenvalue weighted by molar-refractivity contribution is -0.118. The first-order chi connectivity index (χ1) is 11.0. The smallest absolute Gasteiger partial charge is 0.241 e. The summed E-state index contributed by atoms with van der Waals surface area (Å²) < 4.78 is 14.6. The number of nitrogens with one attached hydrogen (secondary N) is 2. The van der Waals surface area contributed by atoms with Gasteiger partial charge in [0.2, 0.25) is 5.91 Å². The van der Waals surface area contributed by atoms with Crippen LogP contribution in [0.5, 0.6) is 0 Å². The summed E-state index contributed by atoms with van der Waals surface area (Å²) in [6.45, 7) is 3.83. The molecule has 0 saturated carbocycles. The van der Waals surface area contributed by atoms with Gasteiger partial charge in [0.05, 0.1) is 11.7 Å². The molecule has 0 radical (unpaired) electrons. The lowest BCUT2D eigenvalue weighted by Gasteiger charge is -2.22. The first-order valence-electron chi connectivity index (χ1n) is 7.58. The molecule has 0 aliphatic carbocycles. The Labute approximate surface area is 144 Å². The summed E-state index contributed by atoms with van der Waals surface area (Å²) in [5.41, 5.74) is 1.31. The van der Waals surface area contributed by atoms with Crippen LogP contribution in [0.25, 0.3) is 0 Å². The second-order valence-electron chi connectivity index (χ2n) is 5.37. The highest BCUT2D eigenvalue weighted by Gasteiger charge is 2.19. The predicted molar refractivity (Wildman–Crippen MR) is 94.8 cm³/mol.